The summed E-state index contributed by atoms with van der Waals surface area (Å²) in [4.78, 5) is 96.8. The molecule has 2 saturated heterocycles. The third-order valence-corrected chi connectivity index (χ3v) is 7.31. The molecule has 0 aromatic heterocycles. The second-order valence-electron chi connectivity index (χ2n) is 10.7. The molecule has 0 bridgehead atoms. The standard InChI is InChI=1S/C31H32N4O8/c36-24(16-20-10-12-28(40)34-30(20)42)18-4-1-6-22(14-18)32-26(38)8-3-9-27(39)33-23-7-2-5-19(15-23)25(37)17-21-11-13-29(41)35-31(21)43/h1-2,4-7,14-15,20-21H,3,8-13,16-17H2,(H,32,38)(H,33,39)(H,34,40,42)(H,35,41,43). The van der Waals surface area contributed by atoms with E-state index in [-0.39, 0.29) is 80.1 Å². The first-order chi connectivity index (χ1) is 20.6. The van der Waals surface area contributed by atoms with Crippen molar-refractivity contribution in [2.45, 2.75) is 57.8 Å². The van der Waals surface area contributed by atoms with Gasteiger partial charge in [0.15, 0.2) is 11.6 Å². The van der Waals surface area contributed by atoms with E-state index in [1.807, 2.05) is 0 Å². The van der Waals surface area contributed by atoms with Gasteiger partial charge in [0, 0.05) is 72.9 Å². The van der Waals surface area contributed by atoms with Crippen molar-refractivity contribution in [3.63, 3.8) is 0 Å². The summed E-state index contributed by atoms with van der Waals surface area (Å²) in [7, 11) is 0. The number of piperidine rings is 2. The molecule has 12 heteroatoms. The van der Waals surface area contributed by atoms with E-state index in [4.69, 9.17) is 0 Å². The number of rotatable bonds is 12. The van der Waals surface area contributed by atoms with Crippen LogP contribution in [0.3, 0.4) is 0 Å². The van der Waals surface area contributed by atoms with E-state index in [2.05, 4.69) is 21.3 Å². The molecule has 43 heavy (non-hydrogen) atoms. The van der Waals surface area contributed by atoms with Crippen molar-refractivity contribution in [2.75, 3.05) is 10.6 Å². The van der Waals surface area contributed by atoms with Gasteiger partial charge in [0.1, 0.15) is 0 Å². The van der Waals surface area contributed by atoms with Crippen molar-refractivity contribution in [1.82, 2.24) is 10.6 Å². The van der Waals surface area contributed by atoms with Crippen LogP contribution in [-0.2, 0) is 28.8 Å². The van der Waals surface area contributed by atoms with Crippen LogP contribution in [0.15, 0.2) is 48.5 Å². The van der Waals surface area contributed by atoms with Crippen LogP contribution in [0.5, 0.6) is 0 Å². The Morgan fingerprint density at radius 2 is 1.07 bits per heavy atom. The molecule has 0 aliphatic carbocycles. The molecule has 2 heterocycles. The zero-order valence-corrected chi connectivity index (χ0v) is 23.4. The van der Waals surface area contributed by atoms with Crippen LogP contribution in [0.25, 0.3) is 0 Å². The average Bonchev–Trinajstić information content (AvgIpc) is 2.96. The Balaban J connectivity index is 1.20. The molecule has 0 saturated carbocycles. The molecule has 0 radical (unpaired) electrons. The largest absolute Gasteiger partial charge is 0.326 e. The van der Waals surface area contributed by atoms with Crippen molar-refractivity contribution in [1.29, 1.82) is 0 Å². The van der Waals surface area contributed by atoms with E-state index in [1.165, 1.54) is 12.1 Å². The van der Waals surface area contributed by atoms with Crippen LogP contribution in [-0.4, -0.2) is 47.0 Å². The number of ketones is 2. The smallest absolute Gasteiger partial charge is 0.230 e. The van der Waals surface area contributed by atoms with Gasteiger partial charge in [-0.15, -0.1) is 0 Å². The fourth-order valence-electron chi connectivity index (χ4n) is 4.95. The number of imide groups is 2. The molecule has 2 fully saturated rings. The van der Waals surface area contributed by atoms with Crippen molar-refractivity contribution in [3.8, 4) is 0 Å². The Hall–Kier alpha value is -5.00. The summed E-state index contributed by atoms with van der Waals surface area (Å²) in [5, 5.41) is 9.89. The van der Waals surface area contributed by atoms with Gasteiger partial charge in [-0.1, -0.05) is 24.3 Å². The van der Waals surface area contributed by atoms with Gasteiger partial charge in [0.25, 0.3) is 0 Å². The normalized spacial score (nSPS) is 18.3. The quantitative estimate of drug-likeness (QED) is 0.215. The summed E-state index contributed by atoms with van der Waals surface area (Å²) >= 11 is 0. The van der Waals surface area contributed by atoms with E-state index >= 15 is 0 Å². The van der Waals surface area contributed by atoms with Crippen molar-refractivity contribution in [3.05, 3.63) is 59.7 Å². The highest BCUT2D eigenvalue weighted by atomic mass is 16.2. The van der Waals surface area contributed by atoms with Gasteiger partial charge >= 0.3 is 0 Å². The third-order valence-electron chi connectivity index (χ3n) is 7.31. The van der Waals surface area contributed by atoms with Crippen LogP contribution in [0, 0.1) is 11.8 Å². The van der Waals surface area contributed by atoms with E-state index < -0.39 is 23.7 Å². The maximum absolute atomic E-state index is 12.7. The summed E-state index contributed by atoms with van der Waals surface area (Å²) in [6.45, 7) is 0. The zero-order chi connectivity index (χ0) is 30.9. The highest BCUT2D eigenvalue weighted by Gasteiger charge is 2.30. The molecule has 2 aromatic carbocycles. The Morgan fingerprint density at radius 3 is 1.47 bits per heavy atom. The van der Waals surface area contributed by atoms with Gasteiger partial charge in [0.05, 0.1) is 0 Å². The molecule has 2 aliphatic heterocycles. The molecule has 4 rings (SSSR count). The van der Waals surface area contributed by atoms with Crippen LogP contribution in [0.4, 0.5) is 11.4 Å². The Kier molecular flexibility index (Phi) is 10.3. The topological polar surface area (TPSA) is 185 Å². The average molecular weight is 589 g/mol. The predicted molar refractivity (Wildman–Crippen MR) is 154 cm³/mol. The fourth-order valence-corrected chi connectivity index (χ4v) is 4.95. The first kappa shape index (κ1) is 30.9. The van der Waals surface area contributed by atoms with Crippen LogP contribution >= 0.6 is 0 Å². The molecular formula is C31H32N4O8. The number of benzene rings is 2. The Bertz CT molecular complexity index is 1370. The van der Waals surface area contributed by atoms with E-state index in [0.717, 1.165) is 0 Å². The summed E-state index contributed by atoms with van der Waals surface area (Å²) in [5.41, 5.74) is 1.48. The Labute approximate surface area is 247 Å². The van der Waals surface area contributed by atoms with Crippen LogP contribution < -0.4 is 21.3 Å². The highest BCUT2D eigenvalue weighted by Crippen LogP contribution is 2.22. The van der Waals surface area contributed by atoms with Gasteiger partial charge in [-0.05, 0) is 43.5 Å². The molecule has 2 atom stereocenters. The predicted octanol–water partition coefficient (Wildman–Crippen LogP) is 2.69. The van der Waals surface area contributed by atoms with E-state index in [1.54, 1.807) is 36.4 Å². The molecule has 224 valence electrons. The number of hydrogen-bond acceptors (Lipinski definition) is 8. The molecule has 2 aliphatic rings. The molecule has 4 N–H and O–H groups in total. The van der Waals surface area contributed by atoms with Gasteiger partial charge in [0.2, 0.25) is 35.4 Å². The van der Waals surface area contributed by atoms with Crippen molar-refractivity contribution < 1.29 is 38.4 Å². The first-order valence-corrected chi connectivity index (χ1v) is 14.1. The first-order valence-electron chi connectivity index (χ1n) is 14.1. The van der Waals surface area contributed by atoms with Crippen molar-refractivity contribution in [2.24, 2.45) is 11.8 Å². The second kappa shape index (κ2) is 14.3. The number of anilines is 2. The second-order valence-corrected chi connectivity index (χ2v) is 10.7. The SMILES string of the molecule is O=C1CCC(CC(=O)c2cccc(NC(=O)CCCC(=O)Nc3cccc(C(=O)CC4CCC(=O)NC4=O)c3)c2)C(=O)N1. The monoisotopic (exact) mass is 588 g/mol. The lowest BCUT2D eigenvalue weighted by Crippen LogP contribution is -2.41. The van der Waals surface area contributed by atoms with Gasteiger partial charge in [-0.3, -0.25) is 49.0 Å². The third kappa shape index (κ3) is 8.99. The number of nitrogens with one attached hydrogen (secondary N) is 4. The maximum atomic E-state index is 12.7. The number of carbonyl (C=O) groups excluding carboxylic acids is 8. The van der Waals surface area contributed by atoms with Crippen molar-refractivity contribution >= 4 is 58.4 Å². The number of hydrogen-bond donors (Lipinski definition) is 4. The fraction of sp³-hybridized carbons (Fsp3) is 0.355. The van der Waals surface area contributed by atoms with Gasteiger partial charge in [-0.2, -0.15) is 0 Å². The summed E-state index contributed by atoms with van der Waals surface area (Å²) in [6, 6.07) is 12.7. The minimum Gasteiger partial charge on any atom is -0.326 e. The lowest BCUT2D eigenvalue weighted by molar-refractivity contribution is -0.137. The summed E-state index contributed by atoms with van der Waals surface area (Å²) < 4.78 is 0. The van der Waals surface area contributed by atoms with Crippen LogP contribution in [0.1, 0.15) is 78.5 Å². The maximum Gasteiger partial charge on any atom is 0.230 e. The number of carbonyl (C=O) groups is 8. The molecule has 6 amide bonds. The molecule has 0 spiro atoms. The Morgan fingerprint density at radius 1 is 0.651 bits per heavy atom. The summed E-state index contributed by atoms with van der Waals surface area (Å²) in [6.07, 6.45) is 1.28. The highest BCUT2D eigenvalue weighted by molar-refractivity contribution is 6.05. The van der Waals surface area contributed by atoms with E-state index in [9.17, 15) is 38.4 Å². The lowest BCUT2D eigenvalue weighted by Gasteiger charge is -2.20. The molecule has 12 nitrogen and oxygen atoms in total. The lowest BCUT2D eigenvalue weighted by atomic mass is 9.91. The van der Waals surface area contributed by atoms with E-state index in [0.29, 0.717) is 35.3 Å². The van der Waals surface area contributed by atoms with Gasteiger partial charge in [-0.25, -0.2) is 0 Å². The number of Topliss-reactive ketones (excluding diaryl/α,β-unsaturated/α-hetero) is 2. The summed E-state index contributed by atoms with van der Waals surface area (Å²) in [5.74, 6) is -3.99. The zero-order valence-electron chi connectivity index (χ0n) is 23.4. The number of amides is 6. The molecular weight excluding hydrogens is 556 g/mol. The van der Waals surface area contributed by atoms with Crippen LogP contribution in [0.2, 0.25) is 0 Å². The minimum atomic E-state index is -0.574. The molecule has 2 aromatic rings. The van der Waals surface area contributed by atoms with Gasteiger partial charge < -0.3 is 10.6 Å². The molecule has 2 unspecified atom stereocenters. The minimum absolute atomic E-state index is 0.0392.